The Morgan fingerprint density at radius 2 is 1.58 bits per heavy atom. The highest BCUT2D eigenvalue weighted by molar-refractivity contribution is 6.16. The highest BCUT2D eigenvalue weighted by Gasteiger charge is 2.21. The standard InChI is InChI=1S/C38H38N2O5/c1-26(2)22-27-17-19-29(20-18-27)36(38(43)44)39-31-13-8-12-30(23-31)37(42)33-24-40(34-15-7-6-14-32(33)34)21-9-16-35(41)45-25-28-10-4-3-5-11-28/h3-8,10-15,17-20,23-24,26,36,39H,9,16,21-22,25H2,1-2H3,(H,43,44). The van der Waals surface area contributed by atoms with E-state index in [1.807, 2.05) is 89.6 Å². The summed E-state index contributed by atoms with van der Waals surface area (Å²) < 4.78 is 7.41. The van der Waals surface area contributed by atoms with Crippen LogP contribution in [0.4, 0.5) is 5.69 Å². The van der Waals surface area contributed by atoms with Crippen LogP contribution in [0, 0.1) is 5.92 Å². The lowest BCUT2D eigenvalue weighted by atomic mass is 9.99. The van der Waals surface area contributed by atoms with Crippen molar-refractivity contribution in [2.45, 2.75) is 52.3 Å². The molecule has 5 aromatic rings. The number of carboxylic acids is 1. The largest absolute Gasteiger partial charge is 0.479 e. The van der Waals surface area contributed by atoms with Crippen LogP contribution in [0.25, 0.3) is 10.9 Å². The third-order valence-electron chi connectivity index (χ3n) is 7.70. The van der Waals surface area contributed by atoms with E-state index in [4.69, 9.17) is 4.74 Å². The molecule has 1 atom stereocenters. The second-order valence-electron chi connectivity index (χ2n) is 11.7. The molecular weight excluding hydrogens is 564 g/mol. The molecule has 0 amide bonds. The van der Waals surface area contributed by atoms with Gasteiger partial charge in [-0.05, 0) is 53.6 Å². The number of hydrogen-bond acceptors (Lipinski definition) is 5. The molecule has 5 rings (SSSR count). The zero-order valence-electron chi connectivity index (χ0n) is 25.6. The smallest absolute Gasteiger partial charge is 0.330 e. The highest BCUT2D eigenvalue weighted by atomic mass is 16.5. The van der Waals surface area contributed by atoms with Gasteiger partial charge in [-0.25, -0.2) is 4.79 Å². The second kappa shape index (κ2) is 14.5. The van der Waals surface area contributed by atoms with Gasteiger partial charge in [-0.2, -0.15) is 0 Å². The average Bonchev–Trinajstić information content (AvgIpc) is 3.41. The fourth-order valence-electron chi connectivity index (χ4n) is 5.49. The van der Waals surface area contributed by atoms with Gasteiger partial charge in [0.2, 0.25) is 0 Å². The van der Waals surface area contributed by atoms with Crippen LogP contribution in [0.1, 0.15) is 65.3 Å². The third kappa shape index (κ3) is 8.06. The summed E-state index contributed by atoms with van der Waals surface area (Å²) in [6, 6.07) is 30.9. The molecule has 1 unspecified atom stereocenters. The molecule has 0 radical (unpaired) electrons. The van der Waals surface area contributed by atoms with E-state index in [1.165, 1.54) is 0 Å². The fraction of sp³-hybridized carbons (Fsp3) is 0.237. The molecule has 4 aromatic carbocycles. The summed E-state index contributed by atoms with van der Waals surface area (Å²) in [5, 5.41) is 13.9. The van der Waals surface area contributed by atoms with Gasteiger partial charge in [0.15, 0.2) is 11.8 Å². The molecule has 0 aliphatic carbocycles. The first-order chi connectivity index (χ1) is 21.8. The molecule has 1 aromatic heterocycles. The Hall–Kier alpha value is -5.17. The van der Waals surface area contributed by atoms with Crippen molar-refractivity contribution < 1.29 is 24.2 Å². The maximum atomic E-state index is 13.8. The summed E-state index contributed by atoms with van der Waals surface area (Å²) in [6.07, 6.45) is 3.59. The number of esters is 1. The Kier molecular flexibility index (Phi) is 10.1. The van der Waals surface area contributed by atoms with Gasteiger partial charge in [-0.1, -0.05) is 98.8 Å². The van der Waals surface area contributed by atoms with Crippen LogP contribution in [0.15, 0.2) is 109 Å². The van der Waals surface area contributed by atoms with Gasteiger partial charge < -0.3 is 19.7 Å². The first-order valence-electron chi connectivity index (χ1n) is 15.3. The van der Waals surface area contributed by atoms with Crippen molar-refractivity contribution in [3.63, 3.8) is 0 Å². The van der Waals surface area contributed by atoms with Gasteiger partial charge in [0.05, 0.1) is 0 Å². The Bertz CT molecular complexity index is 1770. The van der Waals surface area contributed by atoms with Crippen molar-refractivity contribution in [2.24, 2.45) is 5.92 Å². The van der Waals surface area contributed by atoms with Crippen LogP contribution in [-0.4, -0.2) is 27.4 Å². The van der Waals surface area contributed by atoms with E-state index in [-0.39, 0.29) is 24.8 Å². The Morgan fingerprint density at radius 1 is 0.844 bits per heavy atom. The number of fused-ring (bicyclic) bond motifs is 1. The number of aromatic nitrogens is 1. The summed E-state index contributed by atoms with van der Waals surface area (Å²) >= 11 is 0. The van der Waals surface area contributed by atoms with Crippen molar-refractivity contribution in [1.82, 2.24) is 4.57 Å². The van der Waals surface area contributed by atoms with E-state index < -0.39 is 12.0 Å². The number of para-hydroxylation sites is 1. The molecule has 0 fully saturated rings. The molecular formula is C38H38N2O5. The average molecular weight is 603 g/mol. The zero-order valence-corrected chi connectivity index (χ0v) is 25.6. The summed E-state index contributed by atoms with van der Waals surface area (Å²) in [7, 11) is 0. The van der Waals surface area contributed by atoms with Crippen molar-refractivity contribution in [1.29, 1.82) is 0 Å². The maximum absolute atomic E-state index is 13.8. The van der Waals surface area contributed by atoms with E-state index in [2.05, 4.69) is 19.2 Å². The van der Waals surface area contributed by atoms with Gasteiger partial charge in [-0.15, -0.1) is 0 Å². The summed E-state index contributed by atoms with van der Waals surface area (Å²) in [5.74, 6) is -0.925. The normalized spacial score (nSPS) is 11.8. The van der Waals surface area contributed by atoms with Crippen LogP contribution >= 0.6 is 0 Å². The molecule has 0 saturated heterocycles. The Labute approximate surface area is 263 Å². The predicted octanol–water partition coefficient (Wildman–Crippen LogP) is 7.83. The molecule has 230 valence electrons. The number of benzene rings is 4. The number of ether oxygens (including phenoxy) is 1. The van der Waals surface area contributed by atoms with Crippen molar-refractivity contribution in [3.8, 4) is 0 Å². The number of aryl methyl sites for hydroxylation is 1. The number of carbonyl (C=O) groups is 3. The van der Waals surface area contributed by atoms with Crippen LogP contribution in [0.5, 0.6) is 0 Å². The number of ketones is 1. The van der Waals surface area contributed by atoms with E-state index >= 15 is 0 Å². The van der Waals surface area contributed by atoms with Gasteiger partial charge in [0, 0.05) is 46.9 Å². The molecule has 0 bridgehead atoms. The minimum atomic E-state index is -1.00. The number of carboxylic acid groups (broad SMARTS) is 1. The van der Waals surface area contributed by atoms with Gasteiger partial charge >= 0.3 is 11.9 Å². The molecule has 1 heterocycles. The minimum Gasteiger partial charge on any atom is -0.479 e. The Morgan fingerprint density at radius 3 is 2.31 bits per heavy atom. The summed E-state index contributed by atoms with van der Waals surface area (Å²) in [6.45, 7) is 5.09. The highest BCUT2D eigenvalue weighted by Crippen LogP contribution is 2.27. The molecule has 2 N–H and O–H groups in total. The van der Waals surface area contributed by atoms with Crippen molar-refractivity contribution in [2.75, 3.05) is 5.32 Å². The van der Waals surface area contributed by atoms with Crippen molar-refractivity contribution >= 4 is 34.3 Å². The Balaban J connectivity index is 1.28. The van der Waals surface area contributed by atoms with E-state index in [1.54, 1.807) is 24.3 Å². The molecule has 0 aliphatic rings. The predicted molar refractivity (Wildman–Crippen MR) is 176 cm³/mol. The molecule has 0 aliphatic heterocycles. The third-order valence-corrected chi connectivity index (χ3v) is 7.70. The molecule has 45 heavy (non-hydrogen) atoms. The topological polar surface area (TPSA) is 97.6 Å². The SMILES string of the molecule is CC(C)Cc1ccc(C(Nc2cccc(C(=O)c3cn(CCCC(=O)OCc4ccccc4)c4ccccc34)c2)C(=O)O)cc1. The number of hydrogen-bond donors (Lipinski definition) is 2. The van der Waals surface area contributed by atoms with E-state index in [0.717, 1.165) is 28.5 Å². The first-order valence-corrected chi connectivity index (χ1v) is 15.3. The second-order valence-corrected chi connectivity index (χ2v) is 11.7. The minimum absolute atomic E-state index is 0.166. The number of carbonyl (C=O) groups excluding carboxylic acids is 2. The molecule has 7 nitrogen and oxygen atoms in total. The van der Waals surface area contributed by atoms with Crippen LogP contribution in [-0.2, 0) is 33.9 Å². The lowest BCUT2D eigenvalue weighted by molar-refractivity contribution is -0.145. The monoisotopic (exact) mass is 602 g/mol. The van der Waals surface area contributed by atoms with Crippen LogP contribution in [0.3, 0.4) is 0 Å². The van der Waals surface area contributed by atoms with Gasteiger partial charge in [0.1, 0.15) is 6.61 Å². The first kappa shape index (κ1) is 31.3. The fourth-order valence-corrected chi connectivity index (χ4v) is 5.49. The number of nitrogens with zero attached hydrogens (tertiary/aromatic N) is 1. The van der Waals surface area contributed by atoms with Crippen LogP contribution in [0.2, 0.25) is 0 Å². The van der Waals surface area contributed by atoms with Crippen LogP contribution < -0.4 is 5.32 Å². The number of rotatable bonds is 14. The maximum Gasteiger partial charge on any atom is 0.330 e. The zero-order chi connectivity index (χ0) is 31.8. The molecule has 7 heteroatoms. The van der Waals surface area contributed by atoms with E-state index in [9.17, 15) is 19.5 Å². The summed E-state index contributed by atoms with van der Waals surface area (Å²) in [4.78, 5) is 38.4. The van der Waals surface area contributed by atoms with Gasteiger partial charge in [-0.3, -0.25) is 9.59 Å². The summed E-state index contributed by atoms with van der Waals surface area (Å²) in [5.41, 5.74) is 5.18. The van der Waals surface area contributed by atoms with Crippen molar-refractivity contribution in [3.05, 3.63) is 137 Å². The molecule has 0 spiro atoms. The quantitative estimate of drug-likeness (QED) is 0.0993. The number of aliphatic carboxylic acids is 1. The van der Waals surface area contributed by atoms with E-state index in [0.29, 0.717) is 41.3 Å². The van der Waals surface area contributed by atoms with Gasteiger partial charge in [0.25, 0.3) is 0 Å². The molecule has 0 saturated carbocycles. The number of nitrogens with one attached hydrogen (secondary N) is 1. The number of anilines is 1. The lowest BCUT2D eigenvalue weighted by Crippen LogP contribution is -2.20. The lowest BCUT2D eigenvalue weighted by Gasteiger charge is -2.17.